The molecule has 2 aromatic rings. The molecule has 0 N–H and O–H groups in total. The molecule has 0 radical (unpaired) electrons. The van der Waals surface area contributed by atoms with Crippen molar-refractivity contribution in [3.05, 3.63) is 71.3 Å². The van der Waals surface area contributed by atoms with Crippen LogP contribution in [0.4, 0.5) is 8.78 Å². The van der Waals surface area contributed by atoms with Gasteiger partial charge in [0.15, 0.2) is 0 Å². The second kappa shape index (κ2) is 13.1. The average Bonchev–Trinajstić information content (AvgIpc) is 2.74. The van der Waals surface area contributed by atoms with Crippen molar-refractivity contribution in [2.45, 2.75) is 84.2 Å². The molecule has 30 heavy (non-hydrogen) atoms. The molecule has 2 aromatic carbocycles. The van der Waals surface area contributed by atoms with E-state index in [1.165, 1.54) is 44.2 Å². The first-order valence-electron chi connectivity index (χ1n) is 11.3. The molecule has 164 valence electrons. The summed E-state index contributed by atoms with van der Waals surface area (Å²) in [6, 6.07) is 13.3. The Bertz CT molecular complexity index is 763. The summed E-state index contributed by atoms with van der Waals surface area (Å²) in [7, 11) is 0. The lowest BCUT2D eigenvalue weighted by atomic mass is 10.0. The zero-order valence-electron chi connectivity index (χ0n) is 18.4. The number of rotatable bonds is 13. The standard InChI is InChI=1S/C26H35F2NO/c1-3-4-5-6-7-8-12-15-26(30)29(20-22-13-10-9-11-14-22)21(2)18-23-16-17-24(27)19-25(23)28/h9-11,13-14,16-17,19,21H,3-8,12,15,18,20H2,1-2H3. The largest absolute Gasteiger partial charge is 0.335 e. The molecule has 1 amide bonds. The number of hydrogen-bond acceptors (Lipinski definition) is 1. The van der Waals surface area contributed by atoms with Crippen LogP contribution < -0.4 is 0 Å². The molecule has 0 saturated carbocycles. The van der Waals surface area contributed by atoms with Gasteiger partial charge in [0, 0.05) is 25.1 Å². The van der Waals surface area contributed by atoms with Crippen LogP contribution in [0.15, 0.2) is 48.5 Å². The highest BCUT2D eigenvalue weighted by Crippen LogP contribution is 2.18. The van der Waals surface area contributed by atoms with Gasteiger partial charge >= 0.3 is 0 Å². The van der Waals surface area contributed by atoms with Crippen LogP contribution >= 0.6 is 0 Å². The van der Waals surface area contributed by atoms with Crippen LogP contribution in [-0.2, 0) is 17.8 Å². The Morgan fingerprint density at radius 3 is 2.27 bits per heavy atom. The van der Waals surface area contributed by atoms with Crippen molar-refractivity contribution in [2.75, 3.05) is 0 Å². The maximum atomic E-state index is 14.1. The van der Waals surface area contributed by atoms with Crippen molar-refractivity contribution >= 4 is 5.91 Å². The van der Waals surface area contributed by atoms with Gasteiger partial charge in [0.25, 0.3) is 0 Å². The van der Waals surface area contributed by atoms with Crippen LogP contribution in [0.5, 0.6) is 0 Å². The first-order valence-corrected chi connectivity index (χ1v) is 11.3. The molecule has 0 heterocycles. The Balaban J connectivity index is 1.97. The minimum Gasteiger partial charge on any atom is -0.335 e. The maximum absolute atomic E-state index is 14.1. The lowest BCUT2D eigenvalue weighted by molar-refractivity contribution is -0.134. The molecule has 4 heteroatoms. The number of amides is 1. The molecule has 0 fully saturated rings. The molecule has 2 nitrogen and oxygen atoms in total. The number of halogens is 2. The summed E-state index contributed by atoms with van der Waals surface area (Å²) in [6.45, 7) is 4.65. The number of unbranched alkanes of at least 4 members (excludes halogenated alkanes) is 6. The number of nitrogens with zero attached hydrogens (tertiary/aromatic N) is 1. The molecule has 0 saturated heterocycles. The van der Waals surface area contributed by atoms with E-state index in [0.717, 1.165) is 24.5 Å². The van der Waals surface area contributed by atoms with Crippen LogP contribution in [0.2, 0.25) is 0 Å². The summed E-state index contributed by atoms with van der Waals surface area (Å²) in [5.74, 6) is -1.04. The fourth-order valence-corrected chi connectivity index (χ4v) is 3.76. The molecular formula is C26H35F2NO. The lowest BCUT2D eigenvalue weighted by Crippen LogP contribution is -2.39. The van der Waals surface area contributed by atoms with Crippen LogP contribution in [0.1, 0.15) is 76.3 Å². The van der Waals surface area contributed by atoms with E-state index in [1.54, 1.807) is 0 Å². The zero-order chi connectivity index (χ0) is 21.8. The van der Waals surface area contributed by atoms with Crippen LogP contribution in [-0.4, -0.2) is 16.8 Å². The molecule has 0 aromatic heterocycles. The topological polar surface area (TPSA) is 20.3 Å². The number of carbonyl (C=O) groups excluding carboxylic acids is 1. The molecule has 0 bridgehead atoms. The van der Waals surface area contributed by atoms with Gasteiger partial charge in [-0.1, -0.05) is 81.8 Å². The Morgan fingerprint density at radius 1 is 0.933 bits per heavy atom. The summed E-state index contributed by atoms with van der Waals surface area (Å²) in [4.78, 5) is 14.9. The van der Waals surface area contributed by atoms with Crippen molar-refractivity contribution < 1.29 is 13.6 Å². The van der Waals surface area contributed by atoms with Gasteiger partial charge in [-0.05, 0) is 37.0 Å². The second-order valence-electron chi connectivity index (χ2n) is 8.17. The van der Waals surface area contributed by atoms with Crippen LogP contribution in [0.25, 0.3) is 0 Å². The molecule has 0 aliphatic rings. The van der Waals surface area contributed by atoms with Gasteiger partial charge in [0.1, 0.15) is 11.6 Å². The van der Waals surface area contributed by atoms with Crippen molar-refractivity contribution in [3.63, 3.8) is 0 Å². The highest BCUT2D eigenvalue weighted by Gasteiger charge is 2.21. The van der Waals surface area contributed by atoms with E-state index >= 15 is 0 Å². The van der Waals surface area contributed by atoms with E-state index in [1.807, 2.05) is 42.2 Å². The molecule has 1 unspecified atom stereocenters. The first kappa shape index (κ1) is 24.0. The number of carbonyl (C=O) groups is 1. The van der Waals surface area contributed by atoms with Gasteiger partial charge in [0.2, 0.25) is 5.91 Å². The SMILES string of the molecule is CCCCCCCCCC(=O)N(Cc1ccccc1)C(C)Cc1ccc(F)cc1F. The van der Waals surface area contributed by atoms with Gasteiger partial charge in [-0.25, -0.2) is 8.78 Å². The van der Waals surface area contributed by atoms with Gasteiger partial charge in [-0.3, -0.25) is 4.79 Å². The fraction of sp³-hybridized carbons (Fsp3) is 0.500. The summed E-state index contributed by atoms with van der Waals surface area (Å²) >= 11 is 0. The van der Waals surface area contributed by atoms with E-state index in [2.05, 4.69) is 6.92 Å². The Labute approximate surface area is 180 Å². The molecule has 1 atom stereocenters. The van der Waals surface area contributed by atoms with E-state index in [9.17, 15) is 13.6 Å². The minimum absolute atomic E-state index is 0.0995. The van der Waals surface area contributed by atoms with Gasteiger partial charge < -0.3 is 4.90 Å². The molecule has 2 rings (SSSR count). The molecule has 0 spiro atoms. The van der Waals surface area contributed by atoms with E-state index in [-0.39, 0.29) is 11.9 Å². The summed E-state index contributed by atoms with van der Waals surface area (Å²) in [6.07, 6.45) is 9.01. The predicted octanol–water partition coefficient (Wildman–Crippen LogP) is 7.07. The van der Waals surface area contributed by atoms with E-state index in [4.69, 9.17) is 0 Å². The zero-order valence-corrected chi connectivity index (χ0v) is 18.4. The maximum Gasteiger partial charge on any atom is 0.223 e. The molecular weight excluding hydrogens is 380 g/mol. The van der Waals surface area contributed by atoms with Gasteiger partial charge in [0.05, 0.1) is 0 Å². The van der Waals surface area contributed by atoms with Gasteiger partial charge in [-0.2, -0.15) is 0 Å². The van der Waals surface area contributed by atoms with Crippen LogP contribution in [0.3, 0.4) is 0 Å². The third-order valence-corrected chi connectivity index (χ3v) is 5.57. The first-order chi connectivity index (χ1) is 14.5. The normalized spacial score (nSPS) is 12.0. The quantitative estimate of drug-likeness (QED) is 0.321. The third kappa shape index (κ3) is 8.25. The third-order valence-electron chi connectivity index (χ3n) is 5.57. The van der Waals surface area contributed by atoms with Crippen molar-refractivity contribution in [2.24, 2.45) is 0 Å². The Kier molecular flexibility index (Phi) is 10.5. The highest BCUT2D eigenvalue weighted by molar-refractivity contribution is 5.76. The Hall–Kier alpha value is -2.23. The lowest BCUT2D eigenvalue weighted by Gasteiger charge is -2.30. The van der Waals surface area contributed by atoms with E-state index in [0.29, 0.717) is 24.9 Å². The summed E-state index contributed by atoms with van der Waals surface area (Å²) < 4.78 is 27.4. The predicted molar refractivity (Wildman–Crippen MR) is 119 cm³/mol. The molecule has 0 aliphatic carbocycles. The number of hydrogen-bond donors (Lipinski definition) is 0. The summed E-state index contributed by atoms with van der Waals surface area (Å²) in [5, 5.41) is 0. The van der Waals surface area contributed by atoms with E-state index < -0.39 is 11.6 Å². The van der Waals surface area contributed by atoms with Crippen molar-refractivity contribution in [3.8, 4) is 0 Å². The average molecular weight is 416 g/mol. The van der Waals surface area contributed by atoms with Gasteiger partial charge in [-0.15, -0.1) is 0 Å². The minimum atomic E-state index is -0.583. The molecule has 0 aliphatic heterocycles. The van der Waals surface area contributed by atoms with Crippen molar-refractivity contribution in [1.82, 2.24) is 4.90 Å². The second-order valence-corrected chi connectivity index (χ2v) is 8.17. The smallest absolute Gasteiger partial charge is 0.223 e. The van der Waals surface area contributed by atoms with Crippen LogP contribution in [0, 0.1) is 11.6 Å². The highest BCUT2D eigenvalue weighted by atomic mass is 19.1. The number of benzene rings is 2. The monoisotopic (exact) mass is 415 g/mol. The Morgan fingerprint density at radius 2 is 1.60 bits per heavy atom. The fourth-order valence-electron chi connectivity index (χ4n) is 3.76. The van der Waals surface area contributed by atoms with Crippen molar-refractivity contribution in [1.29, 1.82) is 0 Å². The summed E-state index contributed by atoms with van der Waals surface area (Å²) in [5.41, 5.74) is 1.49.